The van der Waals surface area contributed by atoms with Crippen LogP contribution in [0.5, 0.6) is 5.75 Å². The van der Waals surface area contributed by atoms with Crippen LogP contribution in [0.4, 0.5) is 10.8 Å². The first-order valence-electron chi connectivity index (χ1n) is 5.72. The molecular formula is C14H11BrN2OS. The van der Waals surface area contributed by atoms with Crippen molar-refractivity contribution in [3.63, 3.8) is 0 Å². The molecule has 0 saturated heterocycles. The third-order valence-electron chi connectivity index (χ3n) is 2.70. The van der Waals surface area contributed by atoms with Gasteiger partial charge in [0.05, 0.1) is 21.8 Å². The molecule has 0 fully saturated rings. The minimum atomic E-state index is 0.797. The molecule has 0 aliphatic rings. The van der Waals surface area contributed by atoms with E-state index in [0.717, 1.165) is 26.6 Å². The van der Waals surface area contributed by atoms with E-state index in [1.165, 1.54) is 4.70 Å². The van der Waals surface area contributed by atoms with Crippen LogP contribution >= 0.6 is 27.3 Å². The smallest absolute Gasteiger partial charge is 0.188 e. The van der Waals surface area contributed by atoms with Crippen molar-refractivity contribution in [2.75, 3.05) is 12.4 Å². The Morgan fingerprint density at radius 2 is 2.05 bits per heavy atom. The average molecular weight is 335 g/mol. The summed E-state index contributed by atoms with van der Waals surface area (Å²) in [5, 5.41) is 4.18. The van der Waals surface area contributed by atoms with Crippen molar-refractivity contribution in [3.05, 3.63) is 46.9 Å². The summed E-state index contributed by atoms with van der Waals surface area (Å²) in [7, 11) is 1.65. The normalized spacial score (nSPS) is 10.6. The maximum atomic E-state index is 5.28. The molecule has 0 radical (unpaired) electrons. The summed E-state index contributed by atoms with van der Waals surface area (Å²) in [6, 6.07) is 14.0. The molecule has 96 valence electrons. The zero-order chi connectivity index (χ0) is 13.2. The number of hydrogen-bond acceptors (Lipinski definition) is 4. The first-order valence-corrected chi connectivity index (χ1v) is 7.33. The number of para-hydroxylation sites is 1. The number of methoxy groups -OCH3 is 1. The predicted octanol–water partition coefficient (Wildman–Crippen LogP) is 4.81. The fraction of sp³-hybridized carbons (Fsp3) is 0.0714. The zero-order valence-corrected chi connectivity index (χ0v) is 12.6. The molecule has 19 heavy (non-hydrogen) atoms. The molecule has 0 atom stereocenters. The Morgan fingerprint density at radius 1 is 1.21 bits per heavy atom. The predicted molar refractivity (Wildman–Crippen MR) is 83.6 cm³/mol. The average Bonchev–Trinajstić information content (AvgIpc) is 2.83. The van der Waals surface area contributed by atoms with Crippen LogP contribution in [-0.4, -0.2) is 12.1 Å². The van der Waals surface area contributed by atoms with E-state index in [1.54, 1.807) is 18.4 Å². The van der Waals surface area contributed by atoms with Gasteiger partial charge in [-0.15, -0.1) is 0 Å². The summed E-state index contributed by atoms with van der Waals surface area (Å²) in [6.07, 6.45) is 0. The Hall–Kier alpha value is -1.59. The summed E-state index contributed by atoms with van der Waals surface area (Å²) < 4.78 is 7.39. The summed E-state index contributed by atoms with van der Waals surface area (Å²) in [6.45, 7) is 0. The lowest BCUT2D eigenvalue weighted by atomic mass is 10.3. The van der Waals surface area contributed by atoms with E-state index in [4.69, 9.17) is 4.74 Å². The number of nitrogens with one attached hydrogen (secondary N) is 1. The molecule has 3 rings (SSSR count). The van der Waals surface area contributed by atoms with Gasteiger partial charge < -0.3 is 10.1 Å². The van der Waals surface area contributed by atoms with Gasteiger partial charge in [0.2, 0.25) is 0 Å². The minimum Gasteiger partial charge on any atom is -0.495 e. The lowest BCUT2D eigenvalue weighted by Gasteiger charge is -2.07. The topological polar surface area (TPSA) is 34.1 Å². The molecule has 3 nitrogen and oxygen atoms in total. The van der Waals surface area contributed by atoms with Crippen molar-refractivity contribution in [2.45, 2.75) is 0 Å². The van der Waals surface area contributed by atoms with Gasteiger partial charge in [-0.2, -0.15) is 0 Å². The molecule has 1 heterocycles. The Balaban J connectivity index is 1.92. The van der Waals surface area contributed by atoms with Crippen molar-refractivity contribution in [1.82, 2.24) is 4.98 Å². The SMILES string of the molecule is COc1cc(Nc2nc3ccccc3s2)ccc1Br. The van der Waals surface area contributed by atoms with E-state index in [2.05, 4.69) is 32.3 Å². The van der Waals surface area contributed by atoms with Crippen LogP contribution in [0.25, 0.3) is 10.2 Å². The maximum absolute atomic E-state index is 5.28. The largest absolute Gasteiger partial charge is 0.495 e. The highest BCUT2D eigenvalue weighted by atomic mass is 79.9. The Bertz CT molecular complexity index is 693. The highest BCUT2D eigenvalue weighted by molar-refractivity contribution is 9.10. The number of rotatable bonds is 3. The van der Waals surface area contributed by atoms with E-state index < -0.39 is 0 Å². The molecule has 0 unspecified atom stereocenters. The lowest BCUT2D eigenvalue weighted by Crippen LogP contribution is -1.91. The van der Waals surface area contributed by atoms with Gasteiger partial charge in [0.25, 0.3) is 0 Å². The number of benzene rings is 2. The number of thiazole rings is 1. The Kier molecular flexibility index (Phi) is 3.40. The monoisotopic (exact) mass is 334 g/mol. The molecule has 1 N–H and O–H groups in total. The number of fused-ring (bicyclic) bond motifs is 1. The van der Waals surface area contributed by atoms with Gasteiger partial charge in [0.1, 0.15) is 5.75 Å². The highest BCUT2D eigenvalue weighted by Crippen LogP contribution is 2.32. The van der Waals surface area contributed by atoms with Crippen molar-refractivity contribution in [1.29, 1.82) is 0 Å². The number of anilines is 2. The van der Waals surface area contributed by atoms with Crippen LogP contribution in [0.3, 0.4) is 0 Å². The molecule has 0 spiro atoms. The van der Waals surface area contributed by atoms with E-state index >= 15 is 0 Å². The molecule has 0 aliphatic carbocycles. The molecule has 3 aromatic rings. The Labute approximate surface area is 123 Å². The van der Waals surface area contributed by atoms with Crippen molar-refractivity contribution in [3.8, 4) is 5.75 Å². The van der Waals surface area contributed by atoms with Gasteiger partial charge in [-0.05, 0) is 40.2 Å². The maximum Gasteiger partial charge on any atom is 0.188 e. The van der Waals surface area contributed by atoms with Crippen LogP contribution < -0.4 is 10.1 Å². The molecule has 0 aliphatic heterocycles. The summed E-state index contributed by atoms with van der Waals surface area (Å²) in [5.41, 5.74) is 1.97. The fourth-order valence-electron chi connectivity index (χ4n) is 1.79. The van der Waals surface area contributed by atoms with Gasteiger partial charge in [0.15, 0.2) is 5.13 Å². The van der Waals surface area contributed by atoms with Crippen LogP contribution in [0, 0.1) is 0 Å². The van der Waals surface area contributed by atoms with Gasteiger partial charge in [-0.3, -0.25) is 0 Å². The lowest BCUT2D eigenvalue weighted by molar-refractivity contribution is 0.412. The standard InChI is InChI=1S/C14H11BrN2OS/c1-18-12-8-9(6-7-10(12)15)16-14-17-11-4-2-3-5-13(11)19-14/h2-8H,1H3,(H,16,17). The Morgan fingerprint density at radius 3 is 2.84 bits per heavy atom. The van der Waals surface area contributed by atoms with Crippen LogP contribution in [0.2, 0.25) is 0 Å². The van der Waals surface area contributed by atoms with Crippen LogP contribution in [-0.2, 0) is 0 Å². The third kappa shape index (κ3) is 2.57. The van der Waals surface area contributed by atoms with E-state index in [0.29, 0.717) is 0 Å². The van der Waals surface area contributed by atoms with Crippen molar-refractivity contribution < 1.29 is 4.74 Å². The molecule has 5 heteroatoms. The molecule has 1 aromatic heterocycles. The zero-order valence-electron chi connectivity index (χ0n) is 10.2. The number of halogens is 1. The number of nitrogens with zero attached hydrogens (tertiary/aromatic N) is 1. The number of aromatic nitrogens is 1. The molecule has 0 bridgehead atoms. The first kappa shape index (κ1) is 12.4. The van der Waals surface area contributed by atoms with Gasteiger partial charge in [-0.1, -0.05) is 23.5 Å². The van der Waals surface area contributed by atoms with E-state index in [1.807, 2.05) is 36.4 Å². The number of hydrogen-bond donors (Lipinski definition) is 1. The minimum absolute atomic E-state index is 0.797. The highest BCUT2D eigenvalue weighted by Gasteiger charge is 2.05. The van der Waals surface area contributed by atoms with Crippen LogP contribution in [0.15, 0.2) is 46.9 Å². The van der Waals surface area contributed by atoms with Crippen molar-refractivity contribution in [2.24, 2.45) is 0 Å². The summed E-state index contributed by atoms with van der Waals surface area (Å²) in [5.74, 6) is 0.797. The van der Waals surface area contributed by atoms with Crippen LogP contribution in [0.1, 0.15) is 0 Å². The second-order valence-corrected chi connectivity index (χ2v) is 5.85. The molecule has 0 amide bonds. The van der Waals surface area contributed by atoms with Crippen molar-refractivity contribution >= 4 is 48.3 Å². The van der Waals surface area contributed by atoms with Gasteiger partial charge >= 0.3 is 0 Å². The number of ether oxygens (including phenoxy) is 1. The molecule has 2 aromatic carbocycles. The summed E-state index contributed by atoms with van der Waals surface area (Å²) >= 11 is 5.07. The second-order valence-electron chi connectivity index (χ2n) is 3.96. The molecule has 0 saturated carbocycles. The second kappa shape index (κ2) is 5.19. The molecular weight excluding hydrogens is 324 g/mol. The summed E-state index contributed by atoms with van der Waals surface area (Å²) in [4.78, 5) is 4.54. The van der Waals surface area contributed by atoms with Gasteiger partial charge in [-0.25, -0.2) is 4.98 Å². The van der Waals surface area contributed by atoms with E-state index in [9.17, 15) is 0 Å². The first-order chi connectivity index (χ1) is 9.26. The fourth-order valence-corrected chi connectivity index (χ4v) is 3.08. The van der Waals surface area contributed by atoms with E-state index in [-0.39, 0.29) is 0 Å². The quantitative estimate of drug-likeness (QED) is 0.746. The third-order valence-corrected chi connectivity index (χ3v) is 4.30. The van der Waals surface area contributed by atoms with Gasteiger partial charge in [0, 0.05) is 11.8 Å².